The summed E-state index contributed by atoms with van der Waals surface area (Å²) in [6.07, 6.45) is 2.20. The van der Waals surface area contributed by atoms with Gasteiger partial charge in [-0.1, -0.05) is 30.3 Å². The molecule has 0 spiro atoms. The molecule has 1 aromatic heterocycles. The predicted molar refractivity (Wildman–Crippen MR) is 83.3 cm³/mol. The zero-order valence-electron chi connectivity index (χ0n) is 10.5. The van der Waals surface area contributed by atoms with Gasteiger partial charge in [0.05, 0.1) is 3.79 Å². The van der Waals surface area contributed by atoms with Crippen molar-refractivity contribution in [1.82, 2.24) is 5.32 Å². The summed E-state index contributed by atoms with van der Waals surface area (Å²) in [7, 11) is 0. The number of rotatable bonds is 6. The Morgan fingerprint density at radius 2 is 1.94 bits per heavy atom. The fourth-order valence-corrected chi connectivity index (χ4v) is 3.45. The van der Waals surface area contributed by atoms with Gasteiger partial charge in [0.1, 0.15) is 0 Å². The van der Waals surface area contributed by atoms with Crippen LogP contribution in [-0.2, 0) is 12.8 Å². The fourth-order valence-electron chi connectivity index (χ4n) is 1.97. The second kappa shape index (κ2) is 7.07. The molecule has 1 aromatic carbocycles. The molecule has 0 fully saturated rings. The third kappa shape index (κ3) is 4.56. The molecule has 1 heterocycles. The van der Waals surface area contributed by atoms with Gasteiger partial charge in [-0.3, -0.25) is 0 Å². The minimum Gasteiger partial charge on any atom is -0.314 e. The van der Waals surface area contributed by atoms with E-state index < -0.39 is 0 Å². The first-order valence-corrected chi connectivity index (χ1v) is 7.86. The Balaban J connectivity index is 1.70. The van der Waals surface area contributed by atoms with Crippen LogP contribution in [0.3, 0.4) is 0 Å². The van der Waals surface area contributed by atoms with Crippen LogP contribution in [-0.4, -0.2) is 12.6 Å². The maximum absolute atomic E-state index is 3.58. The van der Waals surface area contributed by atoms with Gasteiger partial charge < -0.3 is 5.32 Å². The molecule has 1 N–H and O–H groups in total. The molecular formula is C15H18BrNS. The van der Waals surface area contributed by atoms with Gasteiger partial charge in [-0.05, 0) is 53.4 Å². The smallest absolute Gasteiger partial charge is 0.0701 e. The van der Waals surface area contributed by atoms with Gasteiger partial charge in [-0.25, -0.2) is 0 Å². The number of hydrogen-bond donors (Lipinski definition) is 1. The maximum Gasteiger partial charge on any atom is 0.0701 e. The maximum atomic E-state index is 3.58. The van der Waals surface area contributed by atoms with Gasteiger partial charge in [0.2, 0.25) is 0 Å². The molecule has 0 aliphatic heterocycles. The van der Waals surface area contributed by atoms with E-state index in [2.05, 4.69) is 70.6 Å². The first-order valence-electron chi connectivity index (χ1n) is 6.25. The van der Waals surface area contributed by atoms with Crippen molar-refractivity contribution in [3.63, 3.8) is 0 Å². The Labute approximate surface area is 121 Å². The van der Waals surface area contributed by atoms with Crippen LogP contribution in [0, 0.1) is 0 Å². The summed E-state index contributed by atoms with van der Waals surface area (Å²) < 4.78 is 1.22. The minimum atomic E-state index is 0.524. The third-order valence-electron chi connectivity index (χ3n) is 2.88. The van der Waals surface area contributed by atoms with Crippen LogP contribution in [0.1, 0.15) is 17.4 Å². The van der Waals surface area contributed by atoms with Gasteiger partial charge in [-0.15, -0.1) is 11.3 Å². The molecule has 18 heavy (non-hydrogen) atoms. The van der Waals surface area contributed by atoms with E-state index in [9.17, 15) is 0 Å². The van der Waals surface area contributed by atoms with Crippen molar-refractivity contribution in [3.05, 3.63) is 56.7 Å². The van der Waals surface area contributed by atoms with Crippen LogP contribution in [0.2, 0.25) is 0 Å². The van der Waals surface area contributed by atoms with Crippen LogP contribution in [0.25, 0.3) is 0 Å². The zero-order valence-corrected chi connectivity index (χ0v) is 12.9. The van der Waals surface area contributed by atoms with E-state index >= 15 is 0 Å². The monoisotopic (exact) mass is 323 g/mol. The van der Waals surface area contributed by atoms with E-state index in [0.717, 1.165) is 19.4 Å². The summed E-state index contributed by atoms with van der Waals surface area (Å²) in [4.78, 5) is 1.43. The van der Waals surface area contributed by atoms with E-state index in [1.165, 1.54) is 14.2 Å². The molecule has 2 aromatic rings. The van der Waals surface area contributed by atoms with Crippen LogP contribution in [0.5, 0.6) is 0 Å². The van der Waals surface area contributed by atoms with Crippen molar-refractivity contribution in [3.8, 4) is 0 Å². The molecule has 0 bridgehead atoms. The lowest BCUT2D eigenvalue weighted by atomic mass is 10.1. The molecule has 3 heteroatoms. The molecule has 96 valence electrons. The summed E-state index contributed by atoms with van der Waals surface area (Å²) in [5.74, 6) is 0. The van der Waals surface area contributed by atoms with Crippen molar-refractivity contribution in [2.24, 2.45) is 0 Å². The lowest BCUT2D eigenvalue weighted by Crippen LogP contribution is -2.29. The average Bonchev–Trinajstić information content (AvgIpc) is 2.76. The van der Waals surface area contributed by atoms with Gasteiger partial charge >= 0.3 is 0 Å². The van der Waals surface area contributed by atoms with Gasteiger partial charge in [0.25, 0.3) is 0 Å². The van der Waals surface area contributed by atoms with Crippen LogP contribution < -0.4 is 5.32 Å². The highest BCUT2D eigenvalue weighted by atomic mass is 79.9. The highest BCUT2D eigenvalue weighted by Gasteiger charge is 2.03. The number of hydrogen-bond acceptors (Lipinski definition) is 2. The molecule has 0 radical (unpaired) electrons. The van der Waals surface area contributed by atoms with Crippen molar-refractivity contribution in [2.45, 2.75) is 25.8 Å². The molecule has 0 amide bonds. The lowest BCUT2D eigenvalue weighted by Gasteiger charge is -2.13. The second-order valence-electron chi connectivity index (χ2n) is 4.50. The Morgan fingerprint density at radius 3 is 2.61 bits per heavy atom. The number of halogens is 1. The highest BCUT2D eigenvalue weighted by Crippen LogP contribution is 2.22. The van der Waals surface area contributed by atoms with Gasteiger partial charge in [0, 0.05) is 17.5 Å². The van der Waals surface area contributed by atoms with E-state index in [4.69, 9.17) is 0 Å². The number of benzene rings is 1. The molecule has 0 aliphatic carbocycles. The molecule has 1 nitrogen and oxygen atoms in total. The van der Waals surface area contributed by atoms with Crippen molar-refractivity contribution in [2.75, 3.05) is 6.54 Å². The number of nitrogens with one attached hydrogen (secondary N) is 1. The zero-order chi connectivity index (χ0) is 12.8. The summed E-state index contributed by atoms with van der Waals surface area (Å²) in [6.45, 7) is 3.29. The second-order valence-corrected chi connectivity index (χ2v) is 7.05. The molecule has 1 unspecified atom stereocenters. The Bertz CT molecular complexity index is 466. The Kier molecular flexibility index (Phi) is 5.42. The third-order valence-corrected chi connectivity index (χ3v) is 4.56. The lowest BCUT2D eigenvalue weighted by molar-refractivity contribution is 0.550. The first kappa shape index (κ1) is 13.8. The normalized spacial score (nSPS) is 12.6. The Hall–Kier alpha value is -0.640. The topological polar surface area (TPSA) is 12.0 Å². The quantitative estimate of drug-likeness (QED) is 0.836. The summed E-state index contributed by atoms with van der Waals surface area (Å²) in [6, 6.07) is 15.5. The summed E-state index contributed by atoms with van der Waals surface area (Å²) in [5.41, 5.74) is 1.40. The molecular weight excluding hydrogens is 306 g/mol. The van der Waals surface area contributed by atoms with Gasteiger partial charge in [0.15, 0.2) is 0 Å². The van der Waals surface area contributed by atoms with Crippen LogP contribution in [0.15, 0.2) is 46.3 Å². The molecule has 1 atom stereocenters. The van der Waals surface area contributed by atoms with E-state index in [1.807, 2.05) is 11.3 Å². The van der Waals surface area contributed by atoms with Crippen LogP contribution >= 0.6 is 27.3 Å². The SMILES string of the molecule is CC(Cc1ccccc1)NCCc1ccc(Br)s1. The average molecular weight is 324 g/mol. The van der Waals surface area contributed by atoms with Gasteiger partial charge in [-0.2, -0.15) is 0 Å². The van der Waals surface area contributed by atoms with Crippen molar-refractivity contribution >= 4 is 27.3 Å². The van der Waals surface area contributed by atoms with Crippen LogP contribution in [0.4, 0.5) is 0 Å². The molecule has 2 rings (SSSR count). The summed E-state index contributed by atoms with van der Waals surface area (Å²) >= 11 is 5.32. The minimum absolute atomic E-state index is 0.524. The molecule has 0 saturated heterocycles. The predicted octanol–water partition coefficient (Wildman–Crippen LogP) is 4.27. The molecule has 0 saturated carbocycles. The molecule has 0 aliphatic rings. The largest absolute Gasteiger partial charge is 0.314 e. The van der Waals surface area contributed by atoms with E-state index in [0.29, 0.717) is 6.04 Å². The number of thiophene rings is 1. The van der Waals surface area contributed by atoms with E-state index in [1.54, 1.807) is 0 Å². The van der Waals surface area contributed by atoms with Crippen molar-refractivity contribution < 1.29 is 0 Å². The summed E-state index contributed by atoms with van der Waals surface area (Å²) in [5, 5.41) is 3.58. The highest BCUT2D eigenvalue weighted by molar-refractivity contribution is 9.11. The fraction of sp³-hybridized carbons (Fsp3) is 0.333. The Morgan fingerprint density at radius 1 is 1.17 bits per heavy atom. The van der Waals surface area contributed by atoms with Crippen molar-refractivity contribution in [1.29, 1.82) is 0 Å². The van der Waals surface area contributed by atoms with E-state index in [-0.39, 0.29) is 0 Å². The first-order chi connectivity index (χ1) is 8.74. The standard InChI is InChI=1S/C15H18BrNS/c1-12(11-13-5-3-2-4-6-13)17-10-9-14-7-8-15(16)18-14/h2-8,12,17H,9-11H2,1H3.